The second kappa shape index (κ2) is 7.38. The van der Waals surface area contributed by atoms with E-state index in [0.29, 0.717) is 11.6 Å². The molecule has 2 rings (SSSR count). The number of nitrogens with zero attached hydrogens (tertiary/aromatic N) is 5. The molecule has 0 atom stereocenters. The van der Waals surface area contributed by atoms with Crippen LogP contribution in [0.3, 0.4) is 0 Å². The molecule has 0 N–H and O–H groups in total. The first-order chi connectivity index (χ1) is 9.22. The first-order valence-corrected chi connectivity index (χ1v) is 6.63. The fourth-order valence-corrected chi connectivity index (χ4v) is 1.96. The van der Waals surface area contributed by atoms with E-state index in [1.807, 2.05) is 31.7 Å². The molecule has 0 radical (unpaired) electrons. The van der Waals surface area contributed by atoms with Gasteiger partial charge in [0.2, 0.25) is 5.95 Å². The third-order valence-electron chi connectivity index (χ3n) is 2.92. The van der Waals surface area contributed by atoms with Crippen molar-refractivity contribution in [2.24, 2.45) is 0 Å². The zero-order valence-electron chi connectivity index (χ0n) is 11.7. The van der Waals surface area contributed by atoms with Gasteiger partial charge < -0.3 is 4.90 Å². The molecule has 1 aliphatic rings. The van der Waals surface area contributed by atoms with Crippen molar-refractivity contribution in [2.75, 3.05) is 18.0 Å². The van der Waals surface area contributed by atoms with Crippen molar-refractivity contribution in [3.8, 4) is 12.0 Å². The van der Waals surface area contributed by atoms with Gasteiger partial charge in [0.1, 0.15) is 11.8 Å². The lowest BCUT2D eigenvalue weighted by Gasteiger charge is -2.28. The molecule has 0 saturated carbocycles. The van der Waals surface area contributed by atoms with Crippen molar-refractivity contribution in [1.82, 2.24) is 9.97 Å². The average molecular weight is 255 g/mol. The van der Waals surface area contributed by atoms with Gasteiger partial charge in [-0.15, -0.1) is 0 Å². The van der Waals surface area contributed by atoms with Gasteiger partial charge >= 0.3 is 0 Å². The number of hydrogen-bond acceptors (Lipinski definition) is 5. The van der Waals surface area contributed by atoms with E-state index in [-0.39, 0.29) is 6.71 Å². The summed E-state index contributed by atoms with van der Waals surface area (Å²) in [5, 5.41) is 17.7. The van der Waals surface area contributed by atoms with E-state index >= 15 is 0 Å². The highest BCUT2D eigenvalue weighted by molar-refractivity contribution is 6.67. The maximum Gasteiger partial charge on any atom is 0.271 e. The molecule has 2 heterocycles. The van der Waals surface area contributed by atoms with E-state index in [2.05, 4.69) is 15.9 Å². The Morgan fingerprint density at radius 1 is 1.21 bits per heavy atom. The first kappa shape index (κ1) is 15.0. The van der Waals surface area contributed by atoms with Crippen LogP contribution in [0.15, 0.2) is 6.07 Å². The Balaban J connectivity index is 0.000000861. The minimum absolute atomic E-state index is 0.145. The van der Waals surface area contributed by atoms with Crippen molar-refractivity contribution in [1.29, 1.82) is 10.5 Å². The summed E-state index contributed by atoms with van der Waals surface area (Å²) in [4.78, 5) is 10.6. The summed E-state index contributed by atoms with van der Waals surface area (Å²) in [6, 6.07) is 3.71. The van der Waals surface area contributed by atoms with Crippen LogP contribution >= 0.6 is 0 Å². The van der Waals surface area contributed by atoms with Crippen LogP contribution in [0, 0.1) is 29.5 Å². The van der Waals surface area contributed by atoms with Crippen LogP contribution in [0.2, 0.25) is 12.6 Å². The lowest BCUT2D eigenvalue weighted by molar-refractivity contribution is 0.780. The smallest absolute Gasteiger partial charge is 0.271 e. The molecule has 19 heavy (non-hydrogen) atoms. The Kier molecular flexibility index (Phi) is 5.82. The Hall–Kier alpha value is -2.08. The van der Waals surface area contributed by atoms with Gasteiger partial charge in [-0.1, -0.05) is 13.8 Å². The molecule has 1 aromatic rings. The molecule has 5 nitrogen and oxygen atoms in total. The van der Waals surface area contributed by atoms with E-state index in [9.17, 15) is 0 Å². The molecule has 1 fully saturated rings. The van der Waals surface area contributed by atoms with E-state index in [4.69, 9.17) is 10.5 Å². The number of rotatable bonds is 1. The topological polar surface area (TPSA) is 76.6 Å². The molecule has 1 saturated heterocycles. The van der Waals surface area contributed by atoms with Gasteiger partial charge in [-0.3, -0.25) is 0 Å². The van der Waals surface area contributed by atoms with Gasteiger partial charge in [0, 0.05) is 24.8 Å². The van der Waals surface area contributed by atoms with Gasteiger partial charge in [0.05, 0.1) is 0 Å². The highest BCUT2D eigenvalue weighted by Gasteiger charge is 2.24. The zero-order valence-corrected chi connectivity index (χ0v) is 11.7. The molecule has 0 aliphatic carbocycles. The van der Waals surface area contributed by atoms with Crippen molar-refractivity contribution >= 4 is 12.7 Å². The molecule has 1 aliphatic heterocycles. The Morgan fingerprint density at radius 3 is 2.37 bits per heavy atom. The summed E-state index contributed by atoms with van der Waals surface area (Å²) < 4.78 is 0. The lowest BCUT2D eigenvalue weighted by atomic mass is 9.45. The van der Waals surface area contributed by atoms with Crippen LogP contribution in [0.5, 0.6) is 0 Å². The second-order valence-corrected chi connectivity index (χ2v) is 4.20. The minimum atomic E-state index is 0.145. The molecule has 98 valence electrons. The highest BCUT2D eigenvalue weighted by Crippen LogP contribution is 2.17. The fourth-order valence-electron chi connectivity index (χ4n) is 1.96. The highest BCUT2D eigenvalue weighted by atomic mass is 15.2. The van der Waals surface area contributed by atoms with Gasteiger partial charge in [-0.2, -0.15) is 5.26 Å². The van der Waals surface area contributed by atoms with Gasteiger partial charge in [-0.25, -0.2) is 15.2 Å². The largest absolute Gasteiger partial charge is 0.342 e. The Morgan fingerprint density at radius 2 is 1.84 bits per heavy atom. The van der Waals surface area contributed by atoms with Gasteiger partial charge in [0.25, 0.3) is 6.71 Å². The summed E-state index contributed by atoms with van der Waals surface area (Å²) >= 11 is 0. The lowest BCUT2D eigenvalue weighted by Crippen LogP contribution is -2.37. The summed E-state index contributed by atoms with van der Waals surface area (Å²) in [5.74, 6) is 2.90. The summed E-state index contributed by atoms with van der Waals surface area (Å²) in [7, 11) is 0. The van der Waals surface area contributed by atoms with Crippen molar-refractivity contribution in [3.05, 3.63) is 17.5 Å². The third kappa shape index (κ3) is 3.96. The quantitative estimate of drug-likeness (QED) is 0.718. The molecule has 1 aromatic heterocycles. The molecule has 0 spiro atoms. The summed E-state index contributed by atoms with van der Waals surface area (Å²) in [5.41, 5.74) is 1.20. The van der Waals surface area contributed by atoms with Crippen molar-refractivity contribution < 1.29 is 0 Å². The van der Waals surface area contributed by atoms with Crippen LogP contribution in [0.1, 0.15) is 25.2 Å². The number of aryl methyl sites for hydroxylation is 1. The van der Waals surface area contributed by atoms with Crippen LogP contribution in [0.4, 0.5) is 5.95 Å². The van der Waals surface area contributed by atoms with E-state index in [0.717, 1.165) is 31.4 Å². The second-order valence-electron chi connectivity index (χ2n) is 4.20. The zero-order chi connectivity index (χ0) is 14.3. The molecule has 0 amide bonds. The predicted molar refractivity (Wildman–Crippen MR) is 76.0 cm³/mol. The molecular weight excluding hydrogens is 237 g/mol. The van der Waals surface area contributed by atoms with Gasteiger partial charge in [0.15, 0.2) is 0 Å². The fraction of sp³-hybridized carbons (Fsp3) is 0.538. The van der Waals surface area contributed by atoms with Crippen LogP contribution in [-0.4, -0.2) is 29.8 Å². The van der Waals surface area contributed by atoms with Crippen LogP contribution in [-0.2, 0) is 0 Å². The van der Waals surface area contributed by atoms with Crippen molar-refractivity contribution in [3.63, 3.8) is 0 Å². The molecule has 0 bridgehead atoms. The molecular formula is C13H18BN5. The molecule has 0 aromatic carbocycles. The summed E-state index contributed by atoms with van der Waals surface area (Å²) in [6.45, 7) is 7.57. The molecule has 6 heteroatoms. The number of anilines is 1. The summed E-state index contributed by atoms with van der Waals surface area (Å²) in [6.07, 6.45) is 1.69. The van der Waals surface area contributed by atoms with Gasteiger partial charge in [-0.05, 0) is 25.6 Å². The van der Waals surface area contributed by atoms with E-state index < -0.39 is 0 Å². The maximum atomic E-state index is 8.86. The first-order valence-electron chi connectivity index (χ1n) is 6.63. The SMILES string of the molecule is CC.Cc1cc(C#N)nc(N2CCB(C#N)CC2)n1. The number of aromatic nitrogens is 2. The number of nitriles is 2. The Bertz CT molecular complexity index is 495. The minimum Gasteiger partial charge on any atom is -0.342 e. The normalized spacial score (nSPS) is 13.9. The predicted octanol–water partition coefficient (Wildman–Crippen LogP) is 2.06. The maximum absolute atomic E-state index is 8.86. The van der Waals surface area contributed by atoms with Crippen LogP contribution in [0.25, 0.3) is 0 Å². The number of hydrogen-bond donors (Lipinski definition) is 0. The van der Waals surface area contributed by atoms with Crippen molar-refractivity contribution in [2.45, 2.75) is 33.4 Å². The third-order valence-corrected chi connectivity index (χ3v) is 2.92. The Labute approximate surface area is 115 Å². The van der Waals surface area contributed by atoms with E-state index in [1.165, 1.54) is 0 Å². The van der Waals surface area contributed by atoms with E-state index in [1.54, 1.807) is 6.07 Å². The van der Waals surface area contributed by atoms with Crippen LogP contribution < -0.4 is 4.90 Å². The average Bonchev–Trinajstić information content (AvgIpc) is 2.48. The monoisotopic (exact) mass is 255 g/mol. The molecule has 0 unspecified atom stereocenters. The standard InChI is InChI=1S/C11H12BN5.C2H6/c1-9-6-10(7-13)16-11(15-9)17-4-2-12(8-14)3-5-17;1-2/h6H,2-5H2,1H3;1-2H3.